The van der Waals surface area contributed by atoms with Crippen LogP contribution >= 0.6 is 0 Å². The van der Waals surface area contributed by atoms with Crippen molar-refractivity contribution in [2.75, 3.05) is 5.32 Å². The average Bonchev–Trinajstić information content (AvgIpc) is 2.72. The van der Waals surface area contributed by atoms with Gasteiger partial charge in [-0.15, -0.1) is 0 Å². The zero-order valence-electron chi connectivity index (χ0n) is 17.0. The van der Waals surface area contributed by atoms with E-state index in [1.54, 1.807) is 87.5 Å². The number of amides is 1. The minimum atomic E-state index is -0.717. The van der Waals surface area contributed by atoms with Gasteiger partial charge >= 0.3 is 5.97 Å². The Morgan fingerprint density at radius 3 is 2.13 bits per heavy atom. The Labute approximate surface area is 175 Å². The molecule has 3 aromatic carbocycles. The lowest BCUT2D eigenvalue weighted by molar-refractivity contribution is -0.301. The van der Waals surface area contributed by atoms with Crippen LogP contribution < -0.4 is 5.32 Å². The molecule has 0 heterocycles. The van der Waals surface area contributed by atoms with E-state index in [9.17, 15) is 14.7 Å². The second-order valence-corrected chi connectivity index (χ2v) is 7.69. The number of carbonyl (C=O) groups is 2. The fourth-order valence-electron chi connectivity index (χ4n) is 2.65. The summed E-state index contributed by atoms with van der Waals surface area (Å²) < 4.78 is 0. The van der Waals surface area contributed by atoms with Crippen LogP contribution in [0.15, 0.2) is 72.8 Å². The maximum atomic E-state index is 12.7. The maximum Gasteiger partial charge on any atom is 0.375 e. The Bertz CT molecular complexity index is 1040. The second-order valence-electron chi connectivity index (χ2n) is 7.69. The van der Waals surface area contributed by atoms with Crippen molar-refractivity contribution in [2.45, 2.75) is 26.4 Å². The van der Waals surface area contributed by atoms with Gasteiger partial charge in [0.2, 0.25) is 0 Å². The summed E-state index contributed by atoms with van der Waals surface area (Å²) in [5.41, 5.74) is 1.80. The molecule has 154 valence electrons. The molecule has 0 aliphatic rings. The Morgan fingerprint density at radius 1 is 0.867 bits per heavy atom. The van der Waals surface area contributed by atoms with Crippen LogP contribution in [-0.4, -0.2) is 22.6 Å². The number of phenols is 1. The van der Waals surface area contributed by atoms with E-state index in [-0.39, 0.29) is 22.9 Å². The van der Waals surface area contributed by atoms with Gasteiger partial charge in [0.15, 0.2) is 0 Å². The van der Waals surface area contributed by atoms with E-state index in [0.717, 1.165) is 11.1 Å². The minimum absolute atomic E-state index is 0.149. The molecule has 6 nitrogen and oxygen atoms in total. The molecule has 3 aromatic rings. The van der Waals surface area contributed by atoms with Gasteiger partial charge < -0.3 is 10.4 Å². The van der Waals surface area contributed by atoms with E-state index >= 15 is 0 Å². The number of nitrogens with one attached hydrogen (secondary N) is 1. The molecule has 0 atom stereocenters. The lowest BCUT2D eigenvalue weighted by Gasteiger charge is -2.18. The molecular weight excluding hydrogens is 382 g/mol. The summed E-state index contributed by atoms with van der Waals surface area (Å²) in [6, 6.07) is 20.3. The summed E-state index contributed by atoms with van der Waals surface area (Å²) >= 11 is 0. The van der Waals surface area contributed by atoms with Crippen LogP contribution in [0.2, 0.25) is 0 Å². The Hall–Kier alpha value is -3.64. The van der Waals surface area contributed by atoms with Crippen molar-refractivity contribution in [1.82, 2.24) is 0 Å². The van der Waals surface area contributed by atoms with E-state index < -0.39 is 11.6 Å². The predicted octanol–water partition coefficient (Wildman–Crippen LogP) is 5.20. The standard InChI is InChI=1S/C24H23NO5/c1-24(2,3)30-29-23(28)20-14-11-18(16-9-12-19(26)13-10-16)15-21(20)25-22(27)17-7-5-4-6-8-17/h4-15,26H,1-3H3,(H,25,27). The molecule has 3 rings (SSSR count). The smallest absolute Gasteiger partial charge is 0.375 e. The maximum absolute atomic E-state index is 12.7. The molecule has 0 unspecified atom stereocenters. The largest absolute Gasteiger partial charge is 0.508 e. The fourth-order valence-corrected chi connectivity index (χ4v) is 2.65. The first-order chi connectivity index (χ1) is 14.2. The number of hydrogen-bond donors (Lipinski definition) is 2. The highest BCUT2D eigenvalue weighted by Crippen LogP contribution is 2.28. The second kappa shape index (κ2) is 8.80. The zero-order chi connectivity index (χ0) is 21.7. The summed E-state index contributed by atoms with van der Waals surface area (Å²) in [4.78, 5) is 35.3. The monoisotopic (exact) mass is 405 g/mol. The quantitative estimate of drug-likeness (QED) is 0.450. The first-order valence-electron chi connectivity index (χ1n) is 9.43. The normalized spacial score (nSPS) is 11.0. The molecule has 0 saturated carbocycles. The third-order valence-corrected chi connectivity index (χ3v) is 4.09. The van der Waals surface area contributed by atoms with Gasteiger partial charge in [-0.05, 0) is 68.3 Å². The average molecular weight is 405 g/mol. The van der Waals surface area contributed by atoms with Crippen LogP contribution in [0, 0.1) is 0 Å². The van der Waals surface area contributed by atoms with Crippen molar-refractivity contribution in [2.24, 2.45) is 0 Å². The highest BCUT2D eigenvalue weighted by atomic mass is 17.2. The third kappa shape index (κ3) is 5.46. The number of rotatable bonds is 5. The highest BCUT2D eigenvalue weighted by molar-refractivity contribution is 6.08. The topological polar surface area (TPSA) is 84.9 Å². The molecule has 0 fully saturated rings. The van der Waals surface area contributed by atoms with Crippen molar-refractivity contribution < 1.29 is 24.5 Å². The van der Waals surface area contributed by atoms with Crippen molar-refractivity contribution in [3.05, 3.63) is 83.9 Å². The van der Waals surface area contributed by atoms with Crippen LogP contribution in [0.5, 0.6) is 5.75 Å². The molecule has 0 aliphatic heterocycles. The lowest BCUT2D eigenvalue weighted by Crippen LogP contribution is -2.23. The summed E-state index contributed by atoms with van der Waals surface area (Å²) in [6.45, 7) is 5.27. The summed E-state index contributed by atoms with van der Waals surface area (Å²) in [6.07, 6.45) is 0. The van der Waals surface area contributed by atoms with Gasteiger partial charge in [0.25, 0.3) is 5.91 Å². The molecular formula is C24H23NO5. The van der Waals surface area contributed by atoms with E-state index in [0.29, 0.717) is 5.56 Å². The van der Waals surface area contributed by atoms with Crippen LogP contribution in [-0.2, 0) is 9.78 Å². The molecule has 0 aromatic heterocycles. The van der Waals surface area contributed by atoms with Gasteiger partial charge in [0, 0.05) is 5.56 Å². The molecule has 1 amide bonds. The number of aromatic hydroxyl groups is 1. The fraction of sp³-hybridized carbons (Fsp3) is 0.167. The Balaban J connectivity index is 1.95. The molecule has 0 radical (unpaired) electrons. The van der Waals surface area contributed by atoms with Crippen LogP contribution in [0.4, 0.5) is 5.69 Å². The zero-order valence-corrected chi connectivity index (χ0v) is 17.0. The summed E-state index contributed by atoms with van der Waals surface area (Å²) in [7, 11) is 0. The highest BCUT2D eigenvalue weighted by Gasteiger charge is 2.21. The Kier molecular flexibility index (Phi) is 6.18. The van der Waals surface area contributed by atoms with Gasteiger partial charge in [0.05, 0.1) is 11.3 Å². The predicted molar refractivity (Wildman–Crippen MR) is 114 cm³/mol. The third-order valence-electron chi connectivity index (χ3n) is 4.09. The first kappa shape index (κ1) is 21.1. The Morgan fingerprint density at radius 2 is 1.50 bits per heavy atom. The first-order valence-corrected chi connectivity index (χ1v) is 9.43. The molecule has 2 N–H and O–H groups in total. The van der Waals surface area contributed by atoms with Gasteiger partial charge in [-0.1, -0.05) is 36.4 Å². The van der Waals surface area contributed by atoms with Crippen molar-refractivity contribution in [3.63, 3.8) is 0 Å². The van der Waals surface area contributed by atoms with Crippen molar-refractivity contribution >= 4 is 17.6 Å². The van der Waals surface area contributed by atoms with Crippen LogP contribution in [0.1, 0.15) is 41.5 Å². The molecule has 0 saturated heterocycles. The van der Waals surface area contributed by atoms with Gasteiger partial charge in [-0.25, -0.2) is 4.79 Å². The summed E-state index contributed by atoms with van der Waals surface area (Å²) in [5, 5.41) is 12.3. The molecule has 30 heavy (non-hydrogen) atoms. The van der Waals surface area contributed by atoms with Gasteiger partial charge in [-0.3, -0.25) is 9.68 Å². The summed E-state index contributed by atoms with van der Waals surface area (Å²) in [5.74, 6) is -0.925. The van der Waals surface area contributed by atoms with E-state index in [2.05, 4.69) is 5.32 Å². The minimum Gasteiger partial charge on any atom is -0.508 e. The van der Waals surface area contributed by atoms with Gasteiger partial charge in [0.1, 0.15) is 11.4 Å². The SMILES string of the molecule is CC(C)(C)OOC(=O)c1ccc(-c2ccc(O)cc2)cc1NC(=O)c1ccccc1. The number of anilines is 1. The van der Waals surface area contributed by atoms with Crippen molar-refractivity contribution in [3.8, 4) is 16.9 Å². The van der Waals surface area contributed by atoms with Crippen molar-refractivity contribution in [1.29, 1.82) is 0 Å². The van der Waals surface area contributed by atoms with E-state index in [1.807, 2.05) is 6.07 Å². The number of phenolic OH excluding ortho intramolecular Hbond substituents is 1. The lowest BCUT2D eigenvalue weighted by atomic mass is 10.0. The molecule has 0 spiro atoms. The van der Waals surface area contributed by atoms with E-state index in [1.165, 1.54) is 0 Å². The van der Waals surface area contributed by atoms with Gasteiger partial charge in [-0.2, -0.15) is 4.89 Å². The van der Waals surface area contributed by atoms with E-state index in [4.69, 9.17) is 9.78 Å². The number of benzene rings is 3. The van der Waals surface area contributed by atoms with Crippen LogP contribution in [0.3, 0.4) is 0 Å². The molecule has 6 heteroatoms. The number of hydrogen-bond acceptors (Lipinski definition) is 5. The molecule has 0 bridgehead atoms. The van der Waals surface area contributed by atoms with Crippen LogP contribution in [0.25, 0.3) is 11.1 Å². The number of carbonyl (C=O) groups excluding carboxylic acids is 2. The molecule has 0 aliphatic carbocycles.